The van der Waals surface area contributed by atoms with Crippen LogP contribution < -0.4 is 4.74 Å². The van der Waals surface area contributed by atoms with Crippen molar-refractivity contribution in [2.75, 3.05) is 32.8 Å². The Morgan fingerprint density at radius 1 is 0.963 bits per heavy atom. The van der Waals surface area contributed by atoms with Crippen LogP contribution in [0.5, 0.6) is 5.75 Å². The van der Waals surface area contributed by atoms with Crippen molar-refractivity contribution in [2.45, 2.75) is 0 Å². The minimum atomic E-state index is -0.651. The predicted octanol–water partition coefficient (Wildman–Crippen LogP) is 3.50. The van der Waals surface area contributed by atoms with E-state index in [0.717, 1.165) is 0 Å². The van der Waals surface area contributed by atoms with Gasteiger partial charge >= 0.3 is 0 Å². The molecule has 0 atom stereocenters. The standard InChI is InChI=1S/C19H17Cl2FN2O3/c20-13-4-6-14(7-5-13)27-12-17(25)23-8-10-24(11-9-23)19(26)18-15(21)2-1-3-16(18)22/h1-7H,8-12H2. The first-order valence-corrected chi connectivity index (χ1v) is 9.10. The fourth-order valence-corrected chi connectivity index (χ4v) is 3.16. The number of carbonyl (C=O) groups is 2. The van der Waals surface area contributed by atoms with Gasteiger partial charge in [0, 0.05) is 31.2 Å². The van der Waals surface area contributed by atoms with Crippen molar-refractivity contribution in [3.8, 4) is 5.75 Å². The molecule has 1 heterocycles. The van der Waals surface area contributed by atoms with Gasteiger partial charge in [-0.15, -0.1) is 0 Å². The molecule has 0 radical (unpaired) electrons. The van der Waals surface area contributed by atoms with E-state index in [-0.39, 0.29) is 23.1 Å². The lowest BCUT2D eigenvalue weighted by Crippen LogP contribution is -2.51. The van der Waals surface area contributed by atoms with E-state index in [9.17, 15) is 14.0 Å². The molecule has 0 saturated carbocycles. The molecule has 1 aliphatic rings. The summed E-state index contributed by atoms with van der Waals surface area (Å²) in [5.74, 6) is -0.748. The van der Waals surface area contributed by atoms with Crippen molar-refractivity contribution in [2.24, 2.45) is 0 Å². The lowest BCUT2D eigenvalue weighted by molar-refractivity contribution is -0.134. The summed E-state index contributed by atoms with van der Waals surface area (Å²) in [4.78, 5) is 27.9. The molecule has 5 nitrogen and oxygen atoms in total. The Morgan fingerprint density at radius 2 is 1.59 bits per heavy atom. The lowest BCUT2D eigenvalue weighted by Gasteiger charge is -2.34. The van der Waals surface area contributed by atoms with Crippen molar-refractivity contribution < 1.29 is 18.7 Å². The van der Waals surface area contributed by atoms with Gasteiger partial charge in [-0.2, -0.15) is 0 Å². The third-order valence-electron chi connectivity index (χ3n) is 4.27. The van der Waals surface area contributed by atoms with Crippen LogP contribution in [0.4, 0.5) is 4.39 Å². The molecule has 2 amide bonds. The number of halogens is 3. The maximum Gasteiger partial charge on any atom is 0.260 e. The molecule has 1 aliphatic heterocycles. The molecular weight excluding hydrogens is 394 g/mol. The Kier molecular flexibility index (Phi) is 6.19. The zero-order valence-corrected chi connectivity index (χ0v) is 15.8. The number of piperazine rings is 1. The highest BCUT2D eigenvalue weighted by atomic mass is 35.5. The molecule has 0 bridgehead atoms. The van der Waals surface area contributed by atoms with Gasteiger partial charge in [0.2, 0.25) is 0 Å². The average molecular weight is 411 g/mol. The fraction of sp³-hybridized carbons (Fsp3) is 0.263. The highest BCUT2D eigenvalue weighted by Crippen LogP contribution is 2.21. The molecule has 2 aromatic rings. The van der Waals surface area contributed by atoms with Gasteiger partial charge in [0.25, 0.3) is 11.8 Å². The molecule has 2 aromatic carbocycles. The summed E-state index contributed by atoms with van der Waals surface area (Å²) in [5, 5.41) is 0.666. The SMILES string of the molecule is O=C(COc1ccc(Cl)cc1)N1CCN(C(=O)c2c(F)cccc2Cl)CC1. The zero-order valence-electron chi connectivity index (χ0n) is 14.3. The summed E-state index contributed by atoms with van der Waals surface area (Å²) >= 11 is 11.8. The second-order valence-electron chi connectivity index (χ2n) is 6.01. The molecule has 142 valence electrons. The fourth-order valence-electron chi connectivity index (χ4n) is 2.79. The van der Waals surface area contributed by atoms with E-state index in [1.165, 1.54) is 23.1 Å². The van der Waals surface area contributed by atoms with Gasteiger partial charge in [-0.3, -0.25) is 9.59 Å². The number of amides is 2. The highest BCUT2D eigenvalue weighted by molar-refractivity contribution is 6.33. The Hall–Kier alpha value is -2.31. The number of nitrogens with zero attached hydrogens (tertiary/aromatic N) is 2. The largest absolute Gasteiger partial charge is 0.484 e. The van der Waals surface area contributed by atoms with E-state index >= 15 is 0 Å². The quantitative estimate of drug-likeness (QED) is 0.774. The number of hydrogen-bond acceptors (Lipinski definition) is 3. The molecule has 0 aliphatic carbocycles. The van der Waals surface area contributed by atoms with Crippen molar-refractivity contribution in [3.05, 3.63) is 63.9 Å². The zero-order chi connectivity index (χ0) is 19.4. The van der Waals surface area contributed by atoms with E-state index in [0.29, 0.717) is 37.0 Å². The van der Waals surface area contributed by atoms with Crippen LogP contribution in [0.25, 0.3) is 0 Å². The monoisotopic (exact) mass is 410 g/mol. The van der Waals surface area contributed by atoms with Gasteiger partial charge < -0.3 is 14.5 Å². The van der Waals surface area contributed by atoms with Gasteiger partial charge in [0.15, 0.2) is 6.61 Å². The number of rotatable bonds is 4. The van der Waals surface area contributed by atoms with E-state index in [1.54, 1.807) is 29.2 Å². The number of benzene rings is 2. The van der Waals surface area contributed by atoms with E-state index < -0.39 is 11.7 Å². The van der Waals surface area contributed by atoms with Crippen LogP contribution in [-0.2, 0) is 4.79 Å². The second-order valence-corrected chi connectivity index (χ2v) is 6.86. The smallest absolute Gasteiger partial charge is 0.260 e. The first-order chi connectivity index (χ1) is 13.0. The molecular formula is C19H17Cl2FN2O3. The molecule has 8 heteroatoms. The minimum Gasteiger partial charge on any atom is -0.484 e. The summed E-state index contributed by atoms with van der Waals surface area (Å²) in [6.45, 7) is 1.20. The van der Waals surface area contributed by atoms with Crippen LogP contribution in [0.15, 0.2) is 42.5 Å². The first kappa shape index (κ1) is 19.5. The van der Waals surface area contributed by atoms with Crippen molar-refractivity contribution in [1.29, 1.82) is 0 Å². The van der Waals surface area contributed by atoms with Crippen LogP contribution in [0.3, 0.4) is 0 Å². The topological polar surface area (TPSA) is 49.9 Å². The van der Waals surface area contributed by atoms with Crippen LogP contribution in [0.1, 0.15) is 10.4 Å². The third kappa shape index (κ3) is 4.70. The number of ether oxygens (including phenoxy) is 1. The maximum atomic E-state index is 13.9. The second kappa shape index (κ2) is 8.59. The van der Waals surface area contributed by atoms with Crippen LogP contribution >= 0.6 is 23.2 Å². The third-order valence-corrected chi connectivity index (χ3v) is 4.84. The number of carbonyl (C=O) groups excluding carboxylic acids is 2. The van der Waals surface area contributed by atoms with E-state index in [1.807, 2.05) is 0 Å². The van der Waals surface area contributed by atoms with Gasteiger partial charge in [-0.25, -0.2) is 4.39 Å². The Morgan fingerprint density at radius 3 is 2.22 bits per heavy atom. The maximum absolute atomic E-state index is 13.9. The van der Waals surface area contributed by atoms with Gasteiger partial charge in [0.05, 0.1) is 10.6 Å². The Bertz CT molecular complexity index is 817. The minimum absolute atomic E-state index is 0.0786. The van der Waals surface area contributed by atoms with Gasteiger partial charge in [-0.05, 0) is 36.4 Å². The van der Waals surface area contributed by atoms with Crippen LogP contribution in [0, 0.1) is 5.82 Å². The Labute approximate surface area is 166 Å². The average Bonchev–Trinajstić information content (AvgIpc) is 2.67. The Balaban J connectivity index is 1.53. The van der Waals surface area contributed by atoms with Crippen molar-refractivity contribution in [1.82, 2.24) is 9.80 Å². The lowest BCUT2D eigenvalue weighted by atomic mass is 10.1. The van der Waals surface area contributed by atoms with E-state index in [4.69, 9.17) is 27.9 Å². The summed E-state index contributed by atoms with van der Waals surface area (Å²) in [7, 11) is 0. The summed E-state index contributed by atoms with van der Waals surface area (Å²) in [6, 6.07) is 10.9. The molecule has 3 rings (SSSR count). The molecule has 0 spiro atoms. The molecule has 1 saturated heterocycles. The van der Waals surface area contributed by atoms with Crippen LogP contribution in [-0.4, -0.2) is 54.4 Å². The molecule has 0 N–H and O–H groups in total. The molecule has 0 aromatic heterocycles. The molecule has 27 heavy (non-hydrogen) atoms. The highest BCUT2D eigenvalue weighted by Gasteiger charge is 2.27. The van der Waals surface area contributed by atoms with Crippen molar-refractivity contribution >= 4 is 35.0 Å². The normalized spacial score (nSPS) is 14.2. The van der Waals surface area contributed by atoms with Crippen LogP contribution in [0.2, 0.25) is 10.0 Å². The summed E-state index contributed by atoms with van der Waals surface area (Å²) < 4.78 is 19.4. The van der Waals surface area contributed by atoms with Crippen molar-refractivity contribution in [3.63, 3.8) is 0 Å². The number of hydrogen-bond donors (Lipinski definition) is 0. The molecule has 1 fully saturated rings. The van der Waals surface area contributed by atoms with Gasteiger partial charge in [-0.1, -0.05) is 29.3 Å². The van der Waals surface area contributed by atoms with E-state index in [2.05, 4.69) is 0 Å². The molecule has 0 unspecified atom stereocenters. The predicted molar refractivity (Wildman–Crippen MR) is 101 cm³/mol. The summed E-state index contributed by atoms with van der Waals surface area (Å²) in [5.41, 5.74) is -0.134. The first-order valence-electron chi connectivity index (χ1n) is 8.35. The van der Waals surface area contributed by atoms with Gasteiger partial charge in [0.1, 0.15) is 11.6 Å². The summed E-state index contributed by atoms with van der Waals surface area (Å²) in [6.07, 6.45) is 0.